The van der Waals surface area contributed by atoms with Crippen LogP contribution in [0.4, 0.5) is 5.69 Å². The van der Waals surface area contributed by atoms with Crippen LogP contribution in [0.25, 0.3) is 0 Å². The predicted octanol–water partition coefficient (Wildman–Crippen LogP) is 1.23. The minimum absolute atomic E-state index is 0.102. The number of anilines is 1. The third kappa shape index (κ3) is 3.57. The number of ether oxygens (including phenoxy) is 1. The van der Waals surface area contributed by atoms with E-state index in [-0.39, 0.29) is 18.1 Å². The second kappa shape index (κ2) is 6.99. The largest absolute Gasteiger partial charge is 0.374 e. The number of morpholine rings is 1. The van der Waals surface area contributed by atoms with E-state index < -0.39 is 0 Å². The number of benzene rings is 1. The molecule has 1 fully saturated rings. The van der Waals surface area contributed by atoms with Crippen LogP contribution in [-0.2, 0) is 16.0 Å². The number of amides is 1. The second-order valence-electron chi connectivity index (χ2n) is 6.79. The Hall–Kier alpha value is -1.43. The zero-order valence-corrected chi connectivity index (χ0v) is 14.4. The molecular formula is C18H27N3O2. The molecule has 0 bridgehead atoms. The van der Waals surface area contributed by atoms with Crippen molar-refractivity contribution in [3.05, 3.63) is 29.8 Å². The molecule has 3 rings (SSSR count). The van der Waals surface area contributed by atoms with E-state index in [0.29, 0.717) is 6.61 Å². The van der Waals surface area contributed by atoms with Gasteiger partial charge in [-0.3, -0.25) is 9.69 Å². The summed E-state index contributed by atoms with van der Waals surface area (Å²) >= 11 is 0. The number of fused-ring (bicyclic) bond motifs is 1. The molecule has 23 heavy (non-hydrogen) atoms. The molecule has 0 radical (unpaired) electrons. The number of nitrogens with zero attached hydrogens (tertiary/aromatic N) is 3. The standard InChI is InChI=1S/C18H27N3O2/c1-14(20-10-11-23-16(13-20)12-19(2)3)18(22)21-9-8-15-6-4-5-7-17(15)21/h4-7,14,16H,8-13H2,1-3H3/t14-,16+/m1/s1. The van der Waals surface area contributed by atoms with Crippen molar-refractivity contribution in [1.29, 1.82) is 0 Å². The Bertz CT molecular complexity index is 561. The van der Waals surface area contributed by atoms with Crippen molar-refractivity contribution in [2.45, 2.75) is 25.5 Å². The summed E-state index contributed by atoms with van der Waals surface area (Å²) in [6, 6.07) is 8.13. The van der Waals surface area contributed by atoms with Gasteiger partial charge >= 0.3 is 0 Å². The van der Waals surface area contributed by atoms with Crippen molar-refractivity contribution in [2.75, 3.05) is 51.8 Å². The van der Waals surface area contributed by atoms with E-state index >= 15 is 0 Å². The number of carbonyl (C=O) groups is 1. The Morgan fingerprint density at radius 3 is 2.91 bits per heavy atom. The molecule has 0 unspecified atom stereocenters. The molecule has 1 aromatic rings. The van der Waals surface area contributed by atoms with E-state index in [1.54, 1.807) is 0 Å². The van der Waals surface area contributed by atoms with Gasteiger partial charge in [-0.2, -0.15) is 0 Å². The first-order valence-corrected chi connectivity index (χ1v) is 8.46. The van der Waals surface area contributed by atoms with Gasteiger partial charge < -0.3 is 14.5 Å². The predicted molar refractivity (Wildman–Crippen MR) is 91.8 cm³/mol. The van der Waals surface area contributed by atoms with Gasteiger partial charge in [0.2, 0.25) is 5.91 Å². The highest BCUT2D eigenvalue weighted by Gasteiger charge is 2.33. The maximum Gasteiger partial charge on any atom is 0.244 e. The van der Waals surface area contributed by atoms with Gasteiger partial charge in [-0.15, -0.1) is 0 Å². The van der Waals surface area contributed by atoms with Gasteiger partial charge in [-0.25, -0.2) is 0 Å². The third-order valence-electron chi connectivity index (χ3n) is 4.80. The summed E-state index contributed by atoms with van der Waals surface area (Å²) < 4.78 is 5.82. The Labute approximate surface area is 138 Å². The summed E-state index contributed by atoms with van der Waals surface area (Å²) in [5.74, 6) is 0.209. The molecule has 2 atom stereocenters. The molecule has 5 nitrogen and oxygen atoms in total. The molecule has 1 aromatic carbocycles. The minimum atomic E-state index is -0.102. The van der Waals surface area contributed by atoms with Gasteiger partial charge in [0, 0.05) is 31.9 Å². The molecule has 0 aliphatic carbocycles. The Morgan fingerprint density at radius 2 is 2.13 bits per heavy atom. The molecule has 0 spiro atoms. The van der Waals surface area contributed by atoms with Gasteiger partial charge in [0.25, 0.3) is 0 Å². The summed E-state index contributed by atoms with van der Waals surface area (Å²) in [5, 5.41) is 0. The van der Waals surface area contributed by atoms with E-state index in [9.17, 15) is 4.79 Å². The average molecular weight is 317 g/mol. The van der Waals surface area contributed by atoms with Crippen LogP contribution in [0.3, 0.4) is 0 Å². The maximum absolute atomic E-state index is 13.0. The molecule has 0 aromatic heterocycles. The van der Waals surface area contributed by atoms with Crippen LogP contribution in [0.15, 0.2) is 24.3 Å². The number of carbonyl (C=O) groups excluding carboxylic acids is 1. The smallest absolute Gasteiger partial charge is 0.244 e. The van der Waals surface area contributed by atoms with Crippen molar-refractivity contribution in [1.82, 2.24) is 9.80 Å². The normalized spacial score (nSPS) is 23.1. The van der Waals surface area contributed by atoms with Crippen molar-refractivity contribution in [3.8, 4) is 0 Å². The second-order valence-corrected chi connectivity index (χ2v) is 6.79. The zero-order chi connectivity index (χ0) is 16.4. The molecule has 126 valence electrons. The van der Waals surface area contributed by atoms with E-state index in [2.05, 4.69) is 36.0 Å². The van der Waals surface area contributed by atoms with Crippen LogP contribution in [0, 0.1) is 0 Å². The zero-order valence-electron chi connectivity index (χ0n) is 14.4. The lowest BCUT2D eigenvalue weighted by Crippen LogP contribution is -2.54. The number of rotatable bonds is 4. The molecule has 5 heteroatoms. The fourth-order valence-electron chi connectivity index (χ4n) is 3.56. The lowest BCUT2D eigenvalue weighted by atomic mass is 10.1. The van der Waals surface area contributed by atoms with Gasteiger partial charge in [-0.05, 0) is 39.1 Å². The fourth-order valence-corrected chi connectivity index (χ4v) is 3.56. The van der Waals surface area contributed by atoms with Gasteiger partial charge in [0.15, 0.2) is 0 Å². The van der Waals surface area contributed by atoms with Gasteiger partial charge in [0.1, 0.15) is 0 Å². The molecule has 1 amide bonds. The Kier molecular flexibility index (Phi) is 4.99. The molecule has 0 N–H and O–H groups in total. The SMILES string of the molecule is C[C@H](C(=O)N1CCc2ccccc21)N1CCO[C@@H](CN(C)C)C1. The third-order valence-corrected chi connectivity index (χ3v) is 4.80. The molecule has 0 saturated carbocycles. The van der Waals surface area contributed by atoms with E-state index in [1.807, 2.05) is 24.0 Å². The number of hydrogen-bond donors (Lipinski definition) is 0. The highest BCUT2D eigenvalue weighted by molar-refractivity contribution is 5.98. The van der Waals surface area contributed by atoms with Crippen LogP contribution in [-0.4, -0.2) is 74.7 Å². The fraction of sp³-hybridized carbons (Fsp3) is 0.611. The van der Waals surface area contributed by atoms with Crippen molar-refractivity contribution in [2.24, 2.45) is 0 Å². The molecule has 1 saturated heterocycles. The molecule has 2 aliphatic rings. The van der Waals surface area contributed by atoms with E-state index in [1.165, 1.54) is 5.56 Å². The van der Waals surface area contributed by atoms with Crippen LogP contribution in [0.2, 0.25) is 0 Å². The summed E-state index contributed by atoms with van der Waals surface area (Å²) in [5.41, 5.74) is 2.36. The first kappa shape index (κ1) is 16.4. The summed E-state index contributed by atoms with van der Waals surface area (Å²) in [4.78, 5) is 19.3. The summed E-state index contributed by atoms with van der Waals surface area (Å²) in [7, 11) is 4.11. The molecular weight excluding hydrogens is 290 g/mol. The summed E-state index contributed by atoms with van der Waals surface area (Å²) in [6.07, 6.45) is 1.14. The van der Waals surface area contributed by atoms with E-state index in [4.69, 9.17) is 4.74 Å². The highest BCUT2D eigenvalue weighted by atomic mass is 16.5. The van der Waals surface area contributed by atoms with Crippen LogP contribution in [0.1, 0.15) is 12.5 Å². The van der Waals surface area contributed by atoms with Gasteiger partial charge in [-0.1, -0.05) is 18.2 Å². The maximum atomic E-state index is 13.0. The number of hydrogen-bond acceptors (Lipinski definition) is 4. The monoisotopic (exact) mass is 317 g/mol. The van der Waals surface area contributed by atoms with Crippen LogP contribution < -0.4 is 4.90 Å². The van der Waals surface area contributed by atoms with Crippen molar-refractivity contribution < 1.29 is 9.53 Å². The number of likely N-dealkylation sites (N-methyl/N-ethyl adjacent to an activating group) is 1. The van der Waals surface area contributed by atoms with Crippen LogP contribution in [0.5, 0.6) is 0 Å². The Balaban J connectivity index is 1.66. The minimum Gasteiger partial charge on any atom is -0.374 e. The van der Waals surface area contributed by atoms with Crippen molar-refractivity contribution in [3.63, 3.8) is 0 Å². The topological polar surface area (TPSA) is 36.0 Å². The first-order valence-electron chi connectivity index (χ1n) is 8.46. The first-order chi connectivity index (χ1) is 11.1. The Morgan fingerprint density at radius 1 is 1.35 bits per heavy atom. The molecule has 2 aliphatic heterocycles. The molecule has 2 heterocycles. The highest BCUT2D eigenvalue weighted by Crippen LogP contribution is 2.28. The van der Waals surface area contributed by atoms with E-state index in [0.717, 1.165) is 38.3 Å². The van der Waals surface area contributed by atoms with Crippen LogP contribution >= 0.6 is 0 Å². The van der Waals surface area contributed by atoms with Crippen molar-refractivity contribution >= 4 is 11.6 Å². The lowest BCUT2D eigenvalue weighted by molar-refractivity contribution is -0.126. The van der Waals surface area contributed by atoms with Gasteiger partial charge in [0.05, 0.1) is 18.8 Å². The average Bonchev–Trinajstić information content (AvgIpc) is 2.97. The quantitative estimate of drug-likeness (QED) is 0.837. The lowest BCUT2D eigenvalue weighted by Gasteiger charge is -2.38. The number of para-hydroxylation sites is 1. The summed E-state index contributed by atoms with van der Waals surface area (Å²) in [6.45, 7) is 6.07.